The highest BCUT2D eigenvalue weighted by atomic mass is 19.1. The van der Waals surface area contributed by atoms with Crippen molar-refractivity contribution in [2.75, 3.05) is 20.2 Å². The lowest BCUT2D eigenvalue weighted by molar-refractivity contribution is 0.0774. The van der Waals surface area contributed by atoms with Crippen molar-refractivity contribution in [2.45, 2.75) is 13.8 Å². The van der Waals surface area contributed by atoms with Crippen molar-refractivity contribution in [1.29, 1.82) is 0 Å². The first-order valence-electron chi connectivity index (χ1n) is 8.71. The number of hydrogen-bond donors (Lipinski definition) is 0. The Morgan fingerprint density at radius 2 is 1.78 bits per heavy atom. The predicted octanol–water partition coefficient (Wildman–Crippen LogP) is 3.78. The lowest BCUT2D eigenvalue weighted by Crippen LogP contribution is -2.30. The Morgan fingerprint density at radius 3 is 2.37 bits per heavy atom. The number of nitrogens with zero attached hydrogens (tertiary/aromatic N) is 3. The fourth-order valence-electron chi connectivity index (χ4n) is 2.79. The van der Waals surface area contributed by atoms with Crippen molar-refractivity contribution in [3.05, 3.63) is 77.4 Å². The first-order chi connectivity index (χ1) is 12.9. The molecular formula is C21H22FN3O2. The summed E-state index contributed by atoms with van der Waals surface area (Å²) < 4.78 is 20.3. The lowest BCUT2D eigenvalue weighted by Gasteiger charge is -2.18. The van der Waals surface area contributed by atoms with Gasteiger partial charge in [0.2, 0.25) is 0 Å². The van der Waals surface area contributed by atoms with E-state index in [2.05, 4.69) is 5.10 Å². The van der Waals surface area contributed by atoms with Crippen LogP contribution in [0.25, 0.3) is 5.69 Å². The van der Waals surface area contributed by atoms with E-state index in [-0.39, 0.29) is 11.7 Å². The number of ether oxygens (including phenoxy) is 1. The van der Waals surface area contributed by atoms with Crippen molar-refractivity contribution >= 4 is 5.91 Å². The number of likely N-dealkylation sites (N-methyl/N-ethyl adjacent to an activating group) is 1. The second-order valence-corrected chi connectivity index (χ2v) is 6.41. The van der Waals surface area contributed by atoms with Crippen molar-refractivity contribution in [3.63, 3.8) is 0 Å². The molecular weight excluding hydrogens is 345 g/mol. The predicted molar refractivity (Wildman–Crippen MR) is 102 cm³/mol. The van der Waals surface area contributed by atoms with E-state index in [0.717, 1.165) is 17.1 Å². The molecule has 3 aromatic rings. The molecule has 1 aromatic heterocycles. The molecule has 140 valence electrons. The lowest BCUT2D eigenvalue weighted by atomic mass is 10.2. The molecule has 27 heavy (non-hydrogen) atoms. The van der Waals surface area contributed by atoms with Gasteiger partial charge in [0.15, 0.2) is 0 Å². The first-order valence-corrected chi connectivity index (χ1v) is 8.71. The van der Waals surface area contributed by atoms with E-state index in [1.165, 1.54) is 12.1 Å². The molecule has 0 spiro atoms. The minimum Gasteiger partial charge on any atom is -0.492 e. The standard InChI is InChI=1S/C21H22FN3O2/c1-15-14-16(2)25(23-15)19-8-4-17(5-9-19)21(26)24(3)12-13-27-20-10-6-18(22)7-11-20/h4-11,14H,12-13H2,1-3H3. The summed E-state index contributed by atoms with van der Waals surface area (Å²) in [6, 6.07) is 15.2. The van der Waals surface area contributed by atoms with E-state index in [1.807, 2.05) is 36.7 Å². The largest absolute Gasteiger partial charge is 0.492 e. The van der Waals surface area contributed by atoms with Gasteiger partial charge in [0.25, 0.3) is 5.91 Å². The smallest absolute Gasteiger partial charge is 0.253 e. The molecule has 0 aliphatic rings. The highest BCUT2D eigenvalue weighted by Crippen LogP contribution is 2.14. The van der Waals surface area contributed by atoms with Crippen molar-refractivity contribution in [1.82, 2.24) is 14.7 Å². The zero-order valence-electron chi connectivity index (χ0n) is 15.6. The molecule has 1 amide bonds. The summed E-state index contributed by atoms with van der Waals surface area (Å²) in [4.78, 5) is 14.1. The molecule has 0 aliphatic carbocycles. The summed E-state index contributed by atoms with van der Waals surface area (Å²) in [7, 11) is 1.73. The minimum atomic E-state index is -0.307. The summed E-state index contributed by atoms with van der Waals surface area (Å²) in [5, 5.41) is 4.45. The highest BCUT2D eigenvalue weighted by Gasteiger charge is 2.12. The minimum absolute atomic E-state index is 0.0855. The van der Waals surface area contributed by atoms with Crippen LogP contribution in [-0.2, 0) is 0 Å². The number of rotatable bonds is 6. The van der Waals surface area contributed by atoms with Crippen LogP contribution in [0.2, 0.25) is 0 Å². The number of carbonyl (C=O) groups is 1. The maximum atomic E-state index is 12.9. The molecule has 0 saturated heterocycles. The average Bonchev–Trinajstić information content (AvgIpc) is 3.01. The van der Waals surface area contributed by atoms with E-state index in [9.17, 15) is 9.18 Å². The van der Waals surface area contributed by atoms with Crippen LogP contribution in [0.4, 0.5) is 4.39 Å². The van der Waals surface area contributed by atoms with E-state index < -0.39 is 0 Å². The molecule has 0 unspecified atom stereocenters. The Labute approximate surface area is 158 Å². The SMILES string of the molecule is Cc1cc(C)n(-c2ccc(C(=O)N(C)CCOc3ccc(F)cc3)cc2)n1. The Balaban J connectivity index is 1.58. The van der Waals surface area contributed by atoms with E-state index >= 15 is 0 Å². The average molecular weight is 367 g/mol. The van der Waals surface area contributed by atoms with Gasteiger partial charge in [-0.2, -0.15) is 5.10 Å². The number of carbonyl (C=O) groups excluding carboxylic acids is 1. The molecule has 0 bridgehead atoms. The second kappa shape index (κ2) is 8.03. The van der Waals surface area contributed by atoms with Gasteiger partial charge in [-0.15, -0.1) is 0 Å². The molecule has 6 heteroatoms. The van der Waals surface area contributed by atoms with Crippen molar-refractivity contribution in [3.8, 4) is 11.4 Å². The zero-order valence-corrected chi connectivity index (χ0v) is 15.6. The second-order valence-electron chi connectivity index (χ2n) is 6.41. The van der Waals surface area contributed by atoms with E-state index in [1.54, 1.807) is 36.2 Å². The fourth-order valence-corrected chi connectivity index (χ4v) is 2.79. The molecule has 0 fully saturated rings. The summed E-state index contributed by atoms with van der Waals surface area (Å²) >= 11 is 0. The third-order valence-electron chi connectivity index (χ3n) is 4.22. The van der Waals surface area contributed by atoms with E-state index in [0.29, 0.717) is 24.5 Å². The Morgan fingerprint density at radius 1 is 1.11 bits per heavy atom. The van der Waals surface area contributed by atoms with Crippen LogP contribution < -0.4 is 4.74 Å². The fraction of sp³-hybridized carbons (Fsp3) is 0.238. The maximum absolute atomic E-state index is 12.9. The molecule has 0 atom stereocenters. The van der Waals surface area contributed by atoms with Gasteiger partial charge >= 0.3 is 0 Å². The Bertz CT molecular complexity index is 918. The topological polar surface area (TPSA) is 47.4 Å². The first kappa shape index (κ1) is 18.6. The Hall–Kier alpha value is -3.15. The summed E-state index contributed by atoms with van der Waals surface area (Å²) in [5.74, 6) is 0.183. The summed E-state index contributed by atoms with van der Waals surface area (Å²) in [5.41, 5.74) is 3.51. The number of aromatic nitrogens is 2. The molecule has 3 rings (SSSR count). The summed E-state index contributed by atoms with van der Waals surface area (Å²) in [6.07, 6.45) is 0. The van der Waals surface area contributed by atoms with Gasteiger partial charge in [-0.3, -0.25) is 4.79 Å². The van der Waals surface area contributed by atoms with Gasteiger partial charge in [-0.05, 0) is 68.4 Å². The molecule has 0 radical (unpaired) electrons. The third kappa shape index (κ3) is 4.53. The number of halogens is 1. The zero-order chi connectivity index (χ0) is 19.4. The van der Waals surface area contributed by atoms with Crippen molar-refractivity contribution in [2.24, 2.45) is 0 Å². The number of amides is 1. The van der Waals surface area contributed by atoms with Crippen LogP contribution >= 0.6 is 0 Å². The molecule has 5 nitrogen and oxygen atoms in total. The molecule has 1 heterocycles. The van der Waals surface area contributed by atoms with Gasteiger partial charge in [-0.1, -0.05) is 0 Å². The maximum Gasteiger partial charge on any atom is 0.253 e. The van der Waals surface area contributed by atoms with Crippen LogP contribution in [0, 0.1) is 19.7 Å². The van der Waals surface area contributed by atoms with Crippen molar-refractivity contribution < 1.29 is 13.9 Å². The highest BCUT2D eigenvalue weighted by molar-refractivity contribution is 5.94. The Kier molecular flexibility index (Phi) is 5.54. The van der Waals surface area contributed by atoms with Gasteiger partial charge in [0, 0.05) is 18.3 Å². The monoisotopic (exact) mass is 367 g/mol. The van der Waals surface area contributed by atoms with Gasteiger partial charge in [0.1, 0.15) is 18.2 Å². The summed E-state index contributed by atoms with van der Waals surface area (Å²) in [6.45, 7) is 4.70. The number of benzene rings is 2. The van der Waals surface area contributed by atoms with Gasteiger partial charge < -0.3 is 9.64 Å². The molecule has 0 aliphatic heterocycles. The molecule has 2 aromatic carbocycles. The van der Waals surface area contributed by atoms with Crippen LogP contribution in [0.1, 0.15) is 21.7 Å². The van der Waals surface area contributed by atoms with Crippen LogP contribution in [0.5, 0.6) is 5.75 Å². The van der Waals surface area contributed by atoms with Crippen LogP contribution in [0.15, 0.2) is 54.6 Å². The van der Waals surface area contributed by atoms with Gasteiger partial charge in [0.05, 0.1) is 17.9 Å². The van der Waals surface area contributed by atoms with Crippen LogP contribution in [-0.4, -0.2) is 40.8 Å². The molecule has 0 saturated carbocycles. The normalized spacial score (nSPS) is 10.7. The number of hydrogen-bond acceptors (Lipinski definition) is 3. The third-order valence-corrected chi connectivity index (χ3v) is 4.22. The van der Waals surface area contributed by atoms with E-state index in [4.69, 9.17) is 4.74 Å². The number of aryl methyl sites for hydroxylation is 2. The van der Waals surface area contributed by atoms with Gasteiger partial charge in [-0.25, -0.2) is 9.07 Å². The van der Waals surface area contributed by atoms with Crippen LogP contribution in [0.3, 0.4) is 0 Å². The molecule has 0 N–H and O–H groups in total. The quantitative estimate of drug-likeness (QED) is 0.666.